The highest BCUT2D eigenvalue weighted by molar-refractivity contribution is 9.10. The molecule has 0 spiro atoms. The highest BCUT2D eigenvalue weighted by Gasteiger charge is 2.12. The molecule has 2 aromatic rings. The van der Waals surface area contributed by atoms with Gasteiger partial charge in [0.05, 0.1) is 6.04 Å². The van der Waals surface area contributed by atoms with E-state index >= 15 is 0 Å². The van der Waals surface area contributed by atoms with Gasteiger partial charge in [-0.25, -0.2) is 9.37 Å². The first-order valence-electron chi connectivity index (χ1n) is 5.77. The summed E-state index contributed by atoms with van der Waals surface area (Å²) in [5.74, 6) is -0.211. The van der Waals surface area contributed by atoms with Gasteiger partial charge >= 0.3 is 0 Å². The molecule has 1 N–H and O–H groups in total. The van der Waals surface area contributed by atoms with E-state index in [2.05, 4.69) is 33.2 Å². The van der Waals surface area contributed by atoms with Crippen molar-refractivity contribution in [2.45, 2.75) is 25.9 Å². The predicted octanol–water partition coefficient (Wildman–Crippen LogP) is 4.29. The molecule has 2 nitrogen and oxygen atoms in total. The number of aromatic nitrogens is 1. The van der Waals surface area contributed by atoms with Crippen molar-refractivity contribution in [3.63, 3.8) is 0 Å². The molecule has 0 saturated carbocycles. The smallest absolute Gasteiger partial charge is 0.123 e. The SMILES string of the molecule is CCC(NCc1cc(F)ccc1Br)c1nccs1. The Bertz CT molecular complexity index is 502. The summed E-state index contributed by atoms with van der Waals surface area (Å²) in [6, 6.07) is 4.95. The number of benzene rings is 1. The molecule has 0 fully saturated rings. The van der Waals surface area contributed by atoms with Gasteiger partial charge in [0.2, 0.25) is 0 Å². The number of halogens is 2. The number of nitrogens with one attached hydrogen (secondary N) is 1. The lowest BCUT2D eigenvalue weighted by molar-refractivity contribution is 0.514. The van der Waals surface area contributed by atoms with Crippen LogP contribution in [0.25, 0.3) is 0 Å². The van der Waals surface area contributed by atoms with Crippen LogP contribution in [0.4, 0.5) is 4.39 Å². The first-order valence-corrected chi connectivity index (χ1v) is 7.44. The number of rotatable bonds is 5. The van der Waals surface area contributed by atoms with Crippen LogP contribution in [0.15, 0.2) is 34.2 Å². The fourth-order valence-electron chi connectivity index (χ4n) is 1.72. The normalized spacial score (nSPS) is 12.6. The van der Waals surface area contributed by atoms with E-state index in [1.807, 2.05) is 11.6 Å². The zero-order valence-corrected chi connectivity index (χ0v) is 12.4. The van der Waals surface area contributed by atoms with Gasteiger partial charge in [0.1, 0.15) is 10.8 Å². The molecule has 1 heterocycles. The van der Waals surface area contributed by atoms with Crippen LogP contribution in [-0.4, -0.2) is 4.98 Å². The zero-order chi connectivity index (χ0) is 13.0. The van der Waals surface area contributed by atoms with Crippen molar-refractivity contribution in [2.24, 2.45) is 0 Å². The Labute approximate surface area is 118 Å². The Balaban J connectivity index is 2.04. The van der Waals surface area contributed by atoms with Crippen LogP contribution >= 0.6 is 27.3 Å². The van der Waals surface area contributed by atoms with E-state index in [9.17, 15) is 4.39 Å². The van der Waals surface area contributed by atoms with Crippen LogP contribution in [0.3, 0.4) is 0 Å². The highest BCUT2D eigenvalue weighted by atomic mass is 79.9. The van der Waals surface area contributed by atoms with Gasteiger partial charge in [-0.05, 0) is 30.2 Å². The van der Waals surface area contributed by atoms with E-state index in [4.69, 9.17) is 0 Å². The minimum atomic E-state index is -0.211. The molecule has 1 unspecified atom stereocenters. The van der Waals surface area contributed by atoms with Gasteiger partial charge < -0.3 is 5.32 Å². The largest absolute Gasteiger partial charge is 0.304 e. The second kappa shape index (κ2) is 6.41. The fraction of sp³-hybridized carbons (Fsp3) is 0.308. The molecule has 5 heteroatoms. The summed E-state index contributed by atoms with van der Waals surface area (Å²) < 4.78 is 14.1. The average Bonchev–Trinajstić information content (AvgIpc) is 2.88. The van der Waals surface area contributed by atoms with Crippen molar-refractivity contribution in [1.29, 1.82) is 0 Å². The van der Waals surface area contributed by atoms with Crippen molar-refractivity contribution < 1.29 is 4.39 Å². The molecule has 1 aromatic carbocycles. The van der Waals surface area contributed by atoms with E-state index in [-0.39, 0.29) is 11.9 Å². The molecule has 18 heavy (non-hydrogen) atoms. The second-order valence-corrected chi connectivity index (χ2v) is 5.73. The lowest BCUT2D eigenvalue weighted by Crippen LogP contribution is -2.20. The molecule has 1 atom stereocenters. The summed E-state index contributed by atoms with van der Waals surface area (Å²) in [6.45, 7) is 2.73. The molecule has 0 radical (unpaired) electrons. The van der Waals surface area contributed by atoms with Crippen LogP contribution in [0.1, 0.15) is 30.0 Å². The number of thiazole rings is 1. The molecule has 0 saturated heterocycles. The topological polar surface area (TPSA) is 24.9 Å². The molecule has 0 bridgehead atoms. The second-order valence-electron chi connectivity index (χ2n) is 3.95. The van der Waals surface area contributed by atoms with Crippen molar-refractivity contribution in [3.05, 3.63) is 50.6 Å². The summed E-state index contributed by atoms with van der Waals surface area (Å²) in [5.41, 5.74) is 0.921. The quantitative estimate of drug-likeness (QED) is 0.885. The third kappa shape index (κ3) is 3.37. The van der Waals surface area contributed by atoms with Crippen molar-refractivity contribution in [3.8, 4) is 0 Å². The maximum absolute atomic E-state index is 13.2. The maximum atomic E-state index is 13.2. The molecule has 0 aliphatic carbocycles. The van der Waals surface area contributed by atoms with E-state index in [0.29, 0.717) is 6.54 Å². The lowest BCUT2D eigenvalue weighted by atomic mass is 10.2. The van der Waals surface area contributed by atoms with E-state index in [0.717, 1.165) is 21.5 Å². The Morgan fingerprint density at radius 3 is 3.00 bits per heavy atom. The first-order chi connectivity index (χ1) is 8.70. The average molecular weight is 329 g/mol. The van der Waals surface area contributed by atoms with Gasteiger partial charge in [-0.2, -0.15) is 0 Å². The third-order valence-electron chi connectivity index (χ3n) is 2.70. The summed E-state index contributed by atoms with van der Waals surface area (Å²) in [7, 11) is 0. The molecule has 1 aromatic heterocycles. The Hall–Kier alpha value is -0.780. The van der Waals surface area contributed by atoms with Crippen LogP contribution < -0.4 is 5.32 Å². The van der Waals surface area contributed by atoms with Crippen LogP contribution in [-0.2, 0) is 6.54 Å². The molecular formula is C13H14BrFN2S. The van der Waals surface area contributed by atoms with Crippen molar-refractivity contribution in [2.75, 3.05) is 0 Å². The predicted molar refractivity (Wildman–Crippen MR) is 76.1 cm³/mol. The molecule has 96 valence electrons. The molecular weight excluding hydrogens is 315 g/mol. The molecule has 2 rings (SSSR count). The van der Waals surface area contributed by atoms with Gasteiger partial charge in [-0.15, -0.1) is 11.3 Å². The minimum Gasteiger partial charge on any atom is -0.304 e. The summed E-state index contributed by atoms with van der Waals surface area (Å²) in [4.78, 5) is 4.31. The van der Waals surface area contributed by atoms with E-state index in [1.165, 1.54) is 6.07 Å². The van der Waals surface area contributed by atoms with Crippen LogP contribution in [0.5, 0.6) is 0 Å². The van der Waals surface area contributed by atoms with Crippen molar-refractivity contribution >= 4 is 27.3 Å². The van der Waals surface area contributed by atoms with Gasteiger partial charge in [0.15, 0.2) is 0 Å². The van der Waals surface area contributed by atoms with E-state index in [1.54, 1.807) is 23.5 Å². The van der Waals surface area contributed by atoms with Gasteiger partial charge in [0, 0.05) is 22.6 Å². The van der Waals surface area contributed by atoms with E-state index < -0.39 is 0 Å². The molecule has 0 aliphatic heterocycles. The van der Waals surface area contributed by atoms with Gasteiger partial charge in [-0.1, -0.05) is 22.9 Å². The van der Waals surface area contributed by atoms with Gasteiger partial charge in [-0.3, -0.25) is 0 Å². The number of nitrogens with zero attached hydrogens (tertiary/aromatic N) is 1. The van der Waals surface area contributed by atoms with Crippen LogP contribution in [0, 0.1) is 5.82 Å². The standard InChI is InChI=1S/C13H14BrFN2S/c1-2-12(13-16-5-6-18-13)17-8-9-7-10(15)3-4-11(9)14/h3-7,12,17H,2,8H2,1H3. The Morgan fingerprint density at radius 1 is 1.50 bits per heavy atom. The highest BCUT2D eigenvalue weighted by Crippen LogP contribution is 2.22. The summed E-state index contributed by atoms with van der Waals surface area (Å²) in [5, 5.41) is 6.45. The Kier molecular flexibility index (Phi) is 4.86. The fourth-order valence-corrected chi connectivity index (χ4v) is 2.91. The lowest BCUT2D eigenvalue weighted by Gasteiger charge is -2.15. The monoisotopic (exact) mass is 328 g/mol. The number of hydrogen-bond acceptors (Lipinski definition) is 3. The zero-order valence-electron chi connectivity index (χ0n) is 9.99. The van der Waals surface area contributed by atoms with Gasteiger partial charge in [0.25, 0.3) is 0 Å². The molecule has 0 aliphatic rings. The minimum absolute atomic E-state index is 0.211. The Morgan fingerprint density at radius 2 is 2.33 bits per heavy atom. The number of hydrogen-bond donors (Lipinski definition) is 1. The van der Waals surface area contributed by atoms with Crippen LogP contribution in [0.2, 0.25) is 0 Å². The summed E-state index contributed by atoms with van der Waals surface area (Å²) >= 11 is 5.07. The first kappa shape index (κ1) is 13.6. The molecule has 0 amide bonds. The third-order valence-corrected chi connectivity index (χ3v) is 4.37. The summed E-state index contributed by atoms with van der Waals surface area (Å²) in [6.07, 6.45) is 2.77. The maximum Gasteiger partial charge on any atom is 0.123 e. The van der Waals surface area contributed by atoms with Crippen molar-refractivity contribution in [1.82, 2.24) is 10.3 Å².